The van der Waals surface area contributed by atoms with Crippen molar-refractivity contribution in [1.82, 2.24) is 19.9 Å². The van der Waals surface area contributed by atoms with Crippen LogP contribution < -0.4 is 5.32 Å². The van der Waals surface area contributed by atoms with Crippen LogP contribution in [-0.2, 0) is 17.0 Å². The molecule has 8 heteroatoms. The first-order valence-corrected chi connectivity index (χ1v) is 12.6. The summed E-state index contributed by atoms with van der Waals surface area (Å²) in [6, 6.07) is 16.2. The predicted molar refractivity (Wildman–Crippen MR) is 137 cm³/mol. The van der Waals surface area contributed by atoms with Crippen LogP contribution in [-0.4, -0.2) is 39.7 Å². The van der Waals surface area contributed by atoms with Gasteiger partial charge in [-0.1, -0.05) is 42.1 Å². The molecule has 35 heavy (non-hydrogen) atoms. The Hall–Kier alpha value is -3.23. The van der Waals surface area contributed by atoms with Crippen molar-refractivity contribution in [2.75, 3.05) is 13.2 Å². The summed E-state index contributed by atoms with van der Waals surface area (Å²) in [6.07, 6.45) is 4.44. The zero-order valence-electron chi connectivity index (χ0n) is 19.9. The van der Waals surface area contributed by atoms with Gasteiger partial charge in [-0.3, -0.25) is 9.78 Å². The summed E-state index contributed by atoms with van der Waals surface area (Å²) in [4.78, 5) is 21.3. The lowest BCUT2D eigenvalue weighted by atomic mass is 10.1. The number of aromatic nitrogens is 3. The van der Waals surface area contributed by atoms with E-state index < -0.39 is 0 Å². The molecule has 0 unspecified atom stereocenters. The van der Waals surface area contributed by atoms with Gasteiger partial charge in [0, 0.05) is 36.2 Å². The minimum absolute atomic E-state index is 0.0899. The Bertz CT molecular complexity index is 1270. The van der Waals surface area contributed by atoms with Gasteiger partial charge in [0.25, 0.3) is 5.91 Å². The normalized spacial score (nSPS) is 11.3. The second kappa shape index (κ2) is 12.0. The van der Waals surface area contributed by atoms with Crippen LogP contribution in [0.5, 0.6) is 0 Å². The summed E-state index contributed by atoms with van der Waals surface area (Å²) < 4.78 is 21.8. The Morgan fingerprint density at radius 3 is 2.71 bits per heavy atom. The number of fused-ring (bicyclic) bond motifs is 1. The summed E-state index contributed by atoms with van der Waals surface area (Å²) >= 11 is 1.57. The van der Waals surface area contributed by atoms with Gasteiger partial charge in [0.15, 0.2) is 5.16 Å². The van der Waals surface area contributed by atoms with E-state index in [-0.39, 0.29) is 17.8 Å². The fourth-order valence-corrected chi connectivity index (χ4v) is 4.57. The van der Waals surface area contributed by atoms with Gasteiger partial charge in [-0.2, -0.15) is 0 Å². The maximum atomic E-state index is 14.3. The lowest BCUT2D eigenvalue weighted by Gasteiger charge is -2.10. The zero-order valence-corrected chi connectivity index (χ0v) is 20.7. The molecule has 0 bridgehead atoms. The molecular formula is C27H29FN4O2S. The number of amides is 1. The third-order valence-electron chi connectivity index (χ3n) is 5.44. The minimum atomic E-state index is -0.240. The molecule has 0 fully saturated rings. The molecule has 6 nitrogen and oxygen atoms in total. The van der Waals surface area contributed by atoms with Crippen molar-refractivity contribution in [2.45, 2.75) is 43.8 Å². The van der Waals surface area contributed by atoms with Gasteiger partial charge in [0.1, 0.15) is 5.82 Å². The van der Waals surface area contributed by atoms with Crippen LogP contribution in [0.2, 0.25) is 0 Å². The van der Waals surface area contributed by atoms with E-state index in [2.05, 4.69) is 10.3 Å². The smallest absolute Gasteiger partial charge is 0.251 e. The summed E-state index contributed by atoms with van der Waals surface area (Å²) in [6.45, 7) is 5.57. The predicted octanol–water partition coefficient (Wildman–Crippen LogP) is 5.46. The maximum Gasteiger partial charge on any atom is 0.251 e. The molecular weight excluding hydrogens is 463 g/mol. The molecule has 0 atom stereocenters. The average Bonchev–Trinajstić information content (AvgIpc) is 3.21. The summed E-state index contributed by atoms with van der Waals surface area (Å²) in [7, 11) is 0. The van der Waals surface area contributed by atoms with Gasteiger partial charge >= 0.3 is 0 Å². The van der Waals surface area contributed by atoms with Gasteiger partial charge in [0.2, 0.25) is 0 Å². The molecule has 2 aromatic heterocycles. The largest absolute Gasteiger partial charge is 0.379 e. The number of imidazole rings is 1. The Labute approximate surface area is 208 Å². The Balaban J connectivity index is 1.39. The molecule has 1 N–H and O–H groups in total. The molecule has 182 valence electrons. The highest BCUT2D eigenvalue weighted by molar-refractivity contribution is 7.98. The molecule has 0 spiro atoms. The van der Waals surface area contributed by atoms with Crippen LogP contribution >= 0.6 is 11.8 Å². The van der Waals surface area contributed by atoms with Crippen molar-refractivity contribution in [3.8, 4) is 0 Å². The third-order valence-corrected chi connectivity index (χ3v) is 6.49. The molecule has 0 saturated heterocycles. The molecule has 0 aliphatic rings. The van der Waals surface area contributed by atoms with E-state index in [1.54, 1.807) is 36.3 Å². The number of thioether (sulfide) groups is 1. The number of nitrogens with one attached hydrogen (secondary N) is 1. The topological polar surface area (TPSA) is 69.0 Å². The highest BCUT2D eigenvalue weighted by Crippen LogP contribution is 2.28. The average molecular weight is 493 g/mol. The van der Waals surface area contributed by atoms with Crippen molar-refractivity contribution in [3.05, 3.63) is 89.5 Å². The number of pyridine rings is 1. The van der Waals surface area contributed by atoms with Gasteiger partial charge in [-0.05, 0) is 50.1 Å². The highest BCUT2D eigenvalue weighted by atomic mass is 32.2. The van der Waals surface area contributed by atoms with Crippen molar-refractivity contribution in [1.29, 1.82) is 0 Å². The number of ether oxygens (including phenoxy) is 1. The van der Waals surface area contributed by atoms with Gasteiger partial charge in [0.05, 0.1) is 29.9 Å². The third kappa shape index (κ3) is 6.68. The fourth-order valence-electron chi connectivity index (χ4n) is 3.60. The first-order valence-electron chi connectivity index (χ1n) is 11.7. The van der Waals surface area contributed by atoms with E-state index in [0.29, 0.717) is 36.6 Å². The Morgan fingerprint density at radius 1 is 1.14 bits per heavy atom. The molecule has 4 aromatic rings. The number of carbonyl (C=O) groups excluding carboxylic acids is 1. The first kappa shape index (κ1) is 24.9. The van der Waals surface area contributed by atoms with E-state index in [0.717, 1.165) is 28.2 Å². The number of benzene rings is 2. The lowest BCUT2D eigenvalue weighted by molar-refractivity contribution is 0.0757. The summed E-state index contributed by atoms with van der Waals surface area (Å²) in [5.74, 6) is 0.339. The van der Waals surface area contributed by atoms with Crippen molar-refractivity contribution in [2.24, 2.45) is 0 Å². The molecule has 2 aromatic carbocycles. The highest BCUT2D eigenvalue weighted by Gasteiger charge is 2.14. The first-order chi connectivity index (χ1) is 17.0. The van der Waals surface area contributed by atoms with Crippen molar-refractivity contribution < 1.29 is 13.9 Å². The maximum absolute atomic E-state index is 14.3. The SMILES string of the molecule is CC(C)OCCCNC(=O)c1ccc(CSc2nc3ccncc3n2Cc2ccccc2F)cc1. The van der Waals surface area contributed by atoms with Crippen molar-refractivity contribution >= 4 is 28.7 Å². The number of carbonyl (C=O) groups is 1. The number of halogens is 1. The monoisotopic (exact) mass is 492 g/mol. The van der Waals surface area contributed by atoms with Crippen LogP contribution in [0.25, 0.3) is 11.0 Å². The zero-order chi connectivity index (χ0) is 24.6. The summed E-state index contributed by atoms with van der Waals surface area (Å²) in [5.41, 5.74) is 3.98. The Kier molecular flexibility index (Phi) is 8.50. The lowest BCUT2D eigenvalue weighted by Crippen LogP contribution is -2.25. The molecule has 4 rings (SSSR count). The fraction of sp³-hybridized carbons (Fsp3) is 0.296. The molecule has 0 radical (unpaired) electrons. The number of nitrogens with zero attached hydrogens (tertiary/aromatic N) is 3. The standard InChI is InChI=1S/C27H29FN4O2S/c1-19(2)34-15-5-13-30-26(33)21-10-8-20(9-11-21)18-35-27-31-24-12-14-29-16-25(24)32(27)17-22-6-3-4-7-23(22)28/h3-4,6-12,14,16,19H,5,13,15,17-18H2,1-2H3,(H,30,33). The van der Waals surface area contributed by atoms with Crippen LogP contribution in [0.15, 0.2) is 72.1 Å². The molecule has 2 heterocycles. The van der Waals surface area contributed by atoms with E-state index in [9.17, 15) is 9.18 Å². The molecule has 0 aliphatic carbocycles. The molecule has 0 aliphatic heterocycles. The summed E-state index contributed by atoms with van der Waals surface area (Å²) in [5, 5.41) is 3.72. The number of rotatable bonds is 11. The van der Waals surface area contributed by atoms with Crippen LogP contribution in [0.1, 0.15) is 41.8 Å². The van der Waals surface area contributed by atoms with Crippen LogP contribution in [0.3, 0.4) is 0 Å². The van der Waals surface area contributed by atoms with E-state index in [1.165, 1.54) is 6.07 Å². The molecule has 0 saturated carbocycles. The van der Waals surface area contributed by atoms with Gasteiger partial charge in [-0.15, -0.1) is 0 Å². The van der Waals surface area contributed by atoms with Crippen molar-refractivity contribution in [3.63, 3.8) is 0 Å². The second-order valence-corrected chi connectivity index (χ2v) is 9.39. The van der Waals surface area contributed by atoms with E-state index >= 15 is 0 Å². The Morgan fingerprint density at radius 2 is 1.94 bits per heavy atom. The van der Waals surface area contributed by atoms with Crippen LogP contribution in [0.4, 0.5) is 4.39 Å². The van der Waals surface area contributed by atoms with Crippen LogP contribution in [0, 0.1) is 5.82 Å². The quantitative estimate of drug-likeness (QED) is 0.223. The molecule has 1 amide bonds. The van der Waals surface area contributed by atoms with Gasteiger partial charge in [-0.25, -0.2) is 9.37 Å². The minimum Gasteiger partial charge on any atom is -0.379 e. The second-order valence-electron chi connectivity index (χ2n) is 8.45. The number of hydrogen-bond acceptors (Lipinski definition) is 5. The van der Waals surface area contributed by atoms with Gasteiger partial charge < -0.3 is 14.6 Å². The van der Waals surface area contributed by atoms with E-state index in [1.807, 2.05) is 54.8 Å². The number of hydrogen-bond donors (Lipinski definition) is 1. The van der Waals surface area contributed by atoms with E-state index in [4.69, 9.17) is 9.72 Å².